The number of rotatable bonds is 5. The number of benzene rings is 2. The van der Waals surface area contributed by atoms with E-state index in [1.54, 1.807) is 6.07 Å². The van der Waals surface area contributed by atoms with Crippen LogP contribution in [0.15, 0.2) is 42.5 Å². The van der Waals surface area contributed by atoms with Crippen molar-refractivity contribution in [2.24, 2.45) is 11.8 Å². The molecule has 0 bridgehead atoms. The van der Waals surface area contributed by atoms with Gasteiger partial charge in [-0.15, -0.1) is 0 Å². The number of hydrogen-bond acceptors (Lipinski definition) is 2. The van der Waals surface area contributed by atoms with E-state index in [9.17, 15) is 9.90 Å². The molecule has 32 heavy (non-hydrogen) atoms. The van der Waals surface area contributed by atoms with E-state index in [1.165, 1.54) is 44.9 Å². The maximum atomic E-state index is 13.5. The van der Waals surface area contributed by atoms with Gasteiger partial charge in [0.1, 0.15) is 5.75 Å². The summed E-state index contributed by atoms with van der Waals surface area (Å²) in [5.41, 5.74) is 3.85. The van der Waals surface area contributed by atoms with Crippen LogP contribution in [0.25, 0.3) is 0 Å². The molecule has 0 atom stereocenters. The third kappa shape index (κ3) is 5.28. The molecule has 4 rings (SSSR count). The Balaban J connectivity index is 1.50. The van der Waals surface area contributed by atoms with Crippen molar-refractivity contribution in [3.05, 3.63) is 59.2 Å². The molecule has 0 heterocycles. The highest BCUT2D eigenvalue weighted by molar-refractivity contribution is 5.91. The average molecular weight is 435 g/mol. The molecule has 172 valence electrons. The molecule has 0 aliphatic heterocycles. The summed E-state index contributed by atoms with van der Waals surface area (Å²) in [6.07, 6.45) is 11.5. The molecule has 2 saturated carbocycles. The Morgan fingerprint density at radius 1 is 0.875 bits per heavy atom. The van der Waals surface area contributed by atoms with Gasteiger partial charge < -0.3 is 15.3 Å². The van der Waals surface area contributed by atoms with Gasteiger partial charge in [0.2, 0.25) is 0 Å². The van der Waals surface area contributed by atoms with Crippen LogP contribution >= 0.6 is 0 Å². The van der Waals surface area contributed by atoms with Crippen LogP contribution < -0.4 is 5.32 Å². The molecule has 4 heteroatoms. The Morgan fingerprint density at radius 3 is 2.16 bits per heavy atom. The van der Waals surface area contributed by atoms with Gasteiger partial charge in [-0.2, -0.15) is 0 Å². The van der Waals surface area contributed by atoms with Gasteiger partial charge in [0.25, 0.3) is 0 Å². The number of amides is 2. The van der Waals surface area contributed by atoms with Crippen LogP contribution in [-0.4, -0.2) is 22.1 Å². The molecule has 0 unspecified atom stereocenters. The van der Waals surface area contributed by atoms with Crippen molar-refractivity contribution < 1.29 is 9.90 Å². The first-order chi connectivity index (χ1) is 15.5. The predicted octanol–water partition coefficient (Wildman–Crippen LogP) is 7.18. The normalized spacial score (nSPS) is 21.8. The minimum atomic E-state index is -0.0632. The van der Waals surface area contributed by atoms with E-state index in [0.717, 1.165) is 47.1 Å². The van der Waals surface area contributed by atoms with E-state index < -0.39 is 0 Å². The van der Waals surface area contributed by atoms with Crippen molar-refractivity contribution >= 4 is 11.7 Å². The lowest BCUT2D eigenvalue weighted by Crippen LogP contribution is -2.44. The highest BCUT2D eigenvalue weighted by atomic mass is 16.3. The average Bonchev–Trinajstić information content (AvgIpc) is 2.82. The fourth-order valence-electron chi connectivity index (χ4n) is 5.88. The van der Waals surface area contributed by atoms with Crippen LogP contribution in [0.2, 0.25) is 0 Å². The Labute approximate surface area is 193 Å². The van der Waals surface area contributed by atoms with Crippen LogP contribution in [0.1, 0.15) is 74.5 Å². The molecule has 2 N–H and O–H groups in total. The number of phenolic OH excluding ortho intramolecular Hbond substituents is 1. The van der Waals surface area contributed by atoms with Crippen molar-refractivity contribution in [2.75, 3.05) is 5.32 Å². The van der Waals surface area contributed by atoms with Gasteiger partial charge in [-0.05, 0) is 68.6 Å². The third-order valence-corrected chi connectivity index (χ3v) is 7.80. The van der Waals surface area contributed by atoms with Gasteiger partial charge in [-0.3, -0.25) is 0 Å². The van der Waals surface area contributed by atoms with Gasteiger partial charge in [0.15, 0.2) is 0 Å². The summed E-state index contributed by atoms with van der Waals surface area (Å²) in [7, 11) is 0. The van der Waals surface area contributed by atoms with Crippen molar-refractivity contribution in [1.29, 1.82) is 0 Å². The summed E-state index contributed by atoms with van der Waals surface area (Å²) < 4.78 is 0. The zero-order valence-corrected chi connectivity index (χ0v) is 19.6. The maximum absolute atomic E-state index is 13.5. The molecule has 2 aliphatic rings. The highest BCUT2D eigenvalue weighted by Gasteiger charge is 2.33. The first kappa shape index (κ1) is 22.7. The van der Waals surface area contributed by atoms with E-state index in [2.05, 4.69) is 5.32 Å². The first-order valence-corrected chi connectivity index (χ1v) is 12.4. The third-order valence-electron chi connectivity index (χ3n) is 7.80. The fourth-order valence-corrected chi connectivity index (χ4v) is 5.88. The fraction of sp³-hybridized carbons (Fsp3) is 0.536. The van der Waals surface area contributed by atoms with Gasteiger partial charge in [0.05, 0.1) is 6.54 Å². The number of nitrogens with zero attached hydrogens (tertiary/aromatic N) is 1. The van der Waals surface area contributed by atoms with Crippen LogP contribution in [0.5, 0.6) is 5.75 Å². The quantitative estimate of drug-likeness (QED) is 0.523. The summed E-state index contributed by atoms with van der Waals surface area (Å²) in [6.45, 7) is 4.50. The number of hydrogen-bond donors (Lipinski definition) is 2. The van der Waals surface area contributed by atoms with Crippen LogP contribution in [-0.2, 0) is 6.54 Å². The lowest BCUT2D eigenvalue weighted by molar-refractivity contribution is 0.120. The van der Waals surface area contributed by atoms with Crippen LogP contribution in [0.4, 0.5) is 10.5 Å². The van der Waals surface area contributed by atoms with Gasteiger partial charge in [-0.25, -0.2) is 4.79 Å². The smallest absolute Gasteiger partial charge is 0.322 e. The van der Waals surface area contributed by atoms with Crippen molar-refractivity contribution in [1.82, 2.24) is 4.90 Å². The molecule has 2 aromatic rings. The molecule has 0 spiro atoms. The highest BCUT2D eigenvalue weighted by Crippen LogP contribution is 2.40. The van der Waals surface area contributed by atoms with Gasteiger partial charge >= 0.3 is 6.03 Å². The Kier molecular flexibility index (Phi) is 7.39. The molecular formula is C28H38N2O2. The number of anilines is 1. The molecule has 0 radical (unpaired) electrons. The zero-order valence-electron chi connectivity index (χ0n) is 19.6. The molecule has 2 aliphatic carbocycles. The number of carbonyl (C=O) groups is 1. The summed E-state index contributed by atoms with van der Waals surface area (Å²) in [4.78, 5) is 15.5. The van der Waals surface area contributed by atoms with E-state index in [0.29, 0.717) is 6.54 Å². The first-order valence-electron chi connectivity index (χ1n) is 12.4. The second-order valence-electron chi connectivity index (χ2n) is 9.92. The van der Waals surface area contributed by atoms with Gasteiger partial charge in [-0.1, -0.05) is 68.5 Å². The van der Waals surface area contributed by atoms with Crippen molar-refractivity contribution in [3.63, 3.8) is 0 Å². The number of urea groups is 1. The van der Waals surface area contributed by atoms with E-state index in [4.69, 9.17) is 0 Å². The SMILES string of the molecule is Cc1cccc(C)c1NC(=O)N(Cc1ccccc1O)[C@H]1CC[C@@H](C2CCCCC2)CC1. The van der Waals surface area contributed by atoms with Crippen LogP contribution in [0, 0.1) is 25.7 Å². The Morgan fingerprint density at radius 2 is 1.50 bits per heavy atom. The molecule has 2 amide bonds. The number of nitrogens with one attached hydrogen (secondary N) is 1. The molecule has 0 saturated heterocycles. The summed E-state index contributed by atoms with van der Waals surface area (Å²) in [6, 6.07) is 13.6. The summed E-state index contributed by atoms with van der Waals surface area (Å²) in [5.74, 6) is 1.97. The standard InChI is InChI=1S/C28H38N2O2/c1-20-9-8-10-21(2)27(20)29-28(32)30(19-24-13-6-7-14-26(24)31)25-17-15-23(16-18-25)22-11-4-3-5-12-22/h6-10,13-14,22-23,25,31H,3-5,11-12,15-19H2,1-2H3,(H,29,32)/t23-,25+. The van der Waals surface area contributed by atoms with Crippen molar-refractivity contribution in [3.8, 4) is 5.75 Å². The van der Waals surface area contributed by atoms with Crippen molar-refractivity contribution in [2.45, 2.75) is 84.2 Å². The number of para-hydroxylation sites is 2. The molecule has 2 aromatic carbocycles. The zero-order chi connectivity index (χ0) is 22.5. The van der Waals surface area contributed by atoms with E-state index in [-0.39, 0.29) is 17.8 Å². The monoisotopic (exact) mass is 434 g/mol. The van der Waals surface area contributed by atoms with Crippen LogP contribution in [0.3, 0.4) is 0 Å². The van der Waals surface area contributed by atoms with E-state index in [1.807, 2.05) is 55.1 Å². The number of phenols is 1. The lowest BCUT2D eigenvalue weighted by Gasteiger charge is -2.40. The predicted molar refractivity (Wildman–Crippen MR) is 131 cm³/mol. The minimum absolute atomic E-state index is 0.0632. The molecular weight excluding hydrogens is 396 g/mol. The lowest BCUT2D eigenvalue weighted by atomic mass is 9.72. The van der Waals surface area contributed by atoms with Gasteiger partial charge in [0, 0.05) is 17.3 Å². The number of aromatic hydroxyl groups is 1. The maximum Gasteiger partial charge on any atom is 0.322 e. The topological polar surface area (TPSA) is 52.6 Å². The van der Waals surface area contributed by atoms with E-state index >= 15 is 0 Å². The Hall–Kier alpha value is -2.49. The molecule has 0 aromatic heterocycles. The molecule has 2 fully saturated rings. The largest absolute Gasteiger partial charge is 0.508 e. The number of aryl methyl sites for hydroxylation is 2. The second-order valence-corrected chi connectivity index (χ2v) is 9.92. The summed E-state index contributed by atoms with van der Waals surface area (Å²) in [5, 5.41) is 13.6. The molecule has 4 nitrogen and oxygen atoms in total. The minimum Gasteiger partial charge on any atom is -0.508 e. The second kappa shape index (κ2) is 10.4. The summed E-state index contributed by atoms with van der Waals surface area (Å²) >= 11 is 0. The number of carbonyl (C=O) groups excluding carboxylic acids is 1. The Bertz CT molecular complexity index is 891.